The highest BCUT2D eigenvalue weighted by molar-refractivity contribution is 7.92. The summed E-state index contributed by atoms with van der Waals surface area (Å²) in [7, 11) is -3.77. The molecule has 4 N–H and O–H groups in total. The molecule has 1 amide bonds. The number of halogens is 3. The molecule has 0 aliphatic heterocycles. The molecule has 0 spiro atoms. The molecule has 0 radical (unpaired) electrons. The van der Waals surface area contributed by atoms with Crippen LogP contribution in [0.15, 0.2) is 36.5 Å². The van der Waals surface area contributed by atoms with Gasteiger partial charge in [0.2, 0.25) is 5.60 Å². The van der Waals surface area contributed by atoms with Crippen LogP contribution in [0.25, 0.3) is 10.8 Å². The van der Waals surface area contributed by atoms with Gasteiger partial charge >= 0.3 is 18.2 Å². The molecule has 194 valence electrons. The second-order valence-corrected chi connectivity index (χ2v) is 11.5. The van der Waals surface area contributed by atoms with Crippen LogP contribution in [0.2, 0.25) is 0 Å². The first kappa shape index (κ1) is 28.3. The fraction of sp³-hybridized carbons (Fsp3) is 0.500. The zero-order valence-electron chi connectivity index (χ0n) is 19.4. The van der Waals surface area contributed by atoms with Crippen molar-refractivity contribution in [2.45, 2.75) is 57.0 Å². The van der Waals surface area contributed by atoms with Crippen molar-refractivity contribution in [3.63, 3.8) is 0 Å². The van der Waals surface area contributed by atoms with Crippen LogP contribution in [-0.4, -0.2) is 60.8 Å². The second kappa shape index (κ2) is 10.4. The third-order valence-electron chi connectivity index (χ3n) is 5.04. The van der Waals surface area contributed by atoms with Crippen molar-refractivity contribution in [2.24, 2.45) is 0 Å². The molecule has 0 saturated carbocycles. The zero-order valence-corrected chi connectivity index (χ0v) is 20.2. The number of nitrogens with one attached hydrogen (secondary N) is 2. The van der Waals surface area contributed by atoms with Crippen LogP contribution in [0.3, 0.4) is 0 Å². The molecular weight excluding hydrogens is 491 g/mol. The van der Waals surface area contributed by atoms with Crippen LogP contribution in [0.1, 0.15) is 39.3 Å². The van der Waals surface area contributed by atoms with E-state index in [2.05, 4.69) is 10.3 Å². The zero-order chi connectivity index (χ0) is 26.7. The van der Waals surface area contributed by atoms with Crippen LogP contribution in [0, 0.1) is 4.78 Å². The first-order chi connectivity index (χ1) is 15.9. The van der Waals surface area contributed by atoms with Gasteiger partial charge in [-0.15, -0.1) is 0 Å². The fourth-order valence-electron chi connectivity index (χ4n) is 3.15. The SMILES string of the molecule is CC(C)(C)OC(=O)N[C@@H](CCS(=N)(=O)CCC(O)(c1cc2ccccc2cn1)C(F)(F)F)C(=O)O. The molecule has 35 heavy (non-hydrogen) atoms. The summed E-state index contributed by atoms with van der Waals surface area (Å²) >= 11 is 0. The number of benzene rings is 1. The number of aromatic nitrogens is 1. The molecule has 0 fully saturated rings. The Kier molecular flexibility index (Phi) is 8.38. The predicted molar refractivity (Wildman–Crippen MR) is 122 cm³/mol. The summed E-state index contributed by atoms with van der Waals surface area (Å²) in [5, 5.41) is 22.9. The minimum Gasteiger partial charge on any atom is -0.480 e. The van der Waals surface area contributed by atoms with Crippen molar-refractivity contribution >= 4 is 32.6 Å². The third kappa shape index (κ3) is 7.79. The van der Waals surface area contributed by atoms with E-state index in [1.807, 2.05) is 0 Å². The molecule has 13 heteroatoms. The number of aliphatic hydroxyl groups is 1. The Bertz CT molecular complexity index is 1180. The van der Waals surface area contributed by atoms with Crippen molar-refractivity contribution in [1.29, 1.82) is 4.78 Å². The van der Waals surface area contributed by atoms with E-state index in [0.29, 0.717) is 10.8 Å². The molecule has 3 atom stereocenters. The lowest BCUT2D eigenvalue weighted by Crippen LogP contribution is -2.45. The van der Waals surface area contributed by atoms with Gasteiger partial charge in [-0.3, -0.25) is 9.76 Å². The molecule has 1 aromatic heterocycles. The molecule has 9 nitrogen and oxygen atoms in total. The summed E-state index contributed by atoms with van der Waals surface area (Å²) in [6, 6.07) is 5.99. The summed E-state index contributed by atoms with van der Waals surface area (Å²) in [6.45, 7) is 4.68. The number of rotatable bonds is 9. The number of hydrogen-bond acceptors (Lipinski definition) is 7. The smallest absolute Gasteiger partial charge is 0.423 e. The number of hydrogen-bond donors (Lipinski definition) is 4. The highest BCUT2D eigenvalue weighted by atomic mass is 32.2. The number of fused-ring (bicyclic) bond motifs is 1. The van der Waals surface area contributed by atoms with Crippen molar-refractivity contribution in [1.82, 2.24) is 10.3 Å². The Morgan fingerprint density at radius 3 is 2.31 bits per heavy atom. The molecule has 2 rings (SSSR count). The second-order valence-electron chi connectivity index (χ2n) is 9.07. The van der Waals surface area contributed by atoms with Crippen molar-refractivity contribution in [3.8, 4) is 0 Å². The molecule has 2 unspecified atom stereocenters. The van der Waals surface area contributed by atoms with Gasteiger partial charge in [0, 0.05) is 39.2 Å². The van der Waals surface area contributed by atoms with E-state index in [0.717, 1.165) is 6.07 Å². The van der Waals surface area contributed by atoms with Crippen molar-refractivity contribution in [3.05, 3.63) is 42.2 Å². The lowest BCUT2D eigenvalue weighted by Gasteiger charge is -2.30. The number of ether oxygens (including phenoxy) is 1. The molecule has 0 saturated heterocycles. The molecule has 0 aliphatic rings. The summed E-state index contributed by atoms with van der Waals surface area (Å²) in [5.41, 5.74) is -5.08. The summed E-state index contributed by atoms with van der Waals surface area (Å²) in [5.74, 6) is -2.99. The number of alkyl carbamates (subject to hydrolysis) is 1. The highest BCUT2D eigenvalue weighted by Gasteiger charge is 2.56. The van der Waals surface area contributed by atoms with E-state index >= 15 is 0 Å². The van der Waals surface area contributed by atoms with Crippen molar-refractivity contribution in [2.75, 3.05) is 11.5 Å². The van der Waals surface area contributed by atoms with Gasteiger partial charge in [0.25, 0.3) is 0 Å². The van der Waals surface area contributed by atoms with Gasteiger partial charge in [-0.2, -0.15) is 13.2 Å². The van der Waals surface area contributed by atoms with Crippen molar-refractivity contribution < 1.29 is 41.9 Å². The van der Waals surface area contributed by atoms with Gasteiger partial charge in [-0.25, -0.2) is 13.8 Å². The van der Waals surface area contributed by atoms with E-state index in [9.17, 15) is 37.2 Å². The number of carboxylic acids is 1. The molecule has 1 aromatic carbocycles. The molecule has 0 bridgehead atoms. The summed E-state index contributed by atoms with van der Waals surface area (Å²) in [6.07, 6.45) is -6.66. The average molecular weight is 520 g/mol. The number of amides is 1. The predicted octanol–water partition coefficient (Wildman–Crippen LogP) is 3.79. The quantitative estimate of drug-likeness (QED) is 0.394. The van der Waals surface area contributed by atoms with Crippen LogP contribution >= 0.6 is 0 Å². The van der Waals surface area contributed by atoms with E-state index < -0.39 is 75.3 Å². The Morgan fingerprint density at radius 2 is 1.77 bits per heavy atom. The van der Waals surface area contributed by atoms with Gasteiger partial charge in [0.15, 0.2) is 0 Å². The standard InChI is InChI=1S/C22H28F3N3O6S/c1-20(2,3)34-19(31)28-16(18(29)30)8-10-35(26,33)11-9-21(32,22(23,24)25)17-12-14-6-4-5-7-15(14)13-27-17/h4-7,12-13,16,26,32H,8-11H2,1-3H3,(H,28,31)(H,29,30)/t16-,21?,35?/m0/s1. The minimum atomic E-state index is -5.18. The number of alkyl halides is 3. The first-order valence-electron chi connectivity index (χ1n) is 10.5. The number of pyridine rings is 1. The number of carboxylic acid groups (broad SMARTS) is 1. The number of carbonyl (C=O) groups is 2. The number of nitrogens with zero attached hydrogens (tertiary/aromatic N) is 1. The topological polar surface area (TPSA) is 150 Å². The maximum absolute atomic E-state index is 13.9. The maximum Gasteiger partial charge on any atom is 0.423 e. The summed E-state index contributed by atoms with van der Waals surface area (Å²) < 4.78 is 67.2. The van der Waals surface area contributed by atoms with Crippen LogP contribution in [0.5, 0.6) is 0 Å². The van der Waals surface area contributed by atoms with Crippen LogP contribution in [-0.2, 0) is 24.9 Å². The van der Waals surface area contributed by atoms with E-state index in [-0.39, 0.29) is 0 Å². The van der Waals surface area contributed by atoms with Gasteiger partial charge in [0.1, 0.15) is 11.6 Å². The molecule has 1 heterocycles. The van der Waals surface area contributed by atoms with E-state index in [1.165, 1.54) is 6.20 Å². The lowest BCUT2D eigenvalue weighted by atomic mass is 9.94. The Morgan fingerprint density at radius 1 is 1.17 bits per heavy atom. The average Bonchev–Trinajstić information content (AvgIpc) is 2.72. The first-order valence-corrected chi connectivity index (χ1v) is 12.4. The number of carbonyl (C=O) groups excluding carboxylic acids is 1. The van der Waals surface area contributed by atoms with Gasteiger partial charge < -0.3 is 20.3 Å². The molecule has 2 aromatic rings. The van der Waals surface area contributed by atoms with Crippen LogP contribution < -0.4 is 5.32 Å². The molecular formula is C22H28F3N3O6S. The Labute approximate surface area is 200 Å². The summed E-state index contributed by atoms with van der Waals surface area (Å²) in [4.78, 5) is 27.0. The maximum atomic E-state index is 13.9. The highest BCUT2D eigenvalue weighted by Crippen LogP contribution is 2.41. The van der Waals surface area contributed by atoms with Crippen LogP contribution in [0.4, 0.5) is 18.0 Å². The van der Waals surface area contributed by atoms with E-state index in [4.69, 9.17) is 9.52 Å². The molecule has 0 aliphatic carbocycles. The van der Waals surface area contributed by atoms with E-state index in [1.54, 1.807) is 45.0 Å². The lowest BCUT2D eigenvalue weighted by molar-refractivity contribution is -0.268. The largest absolute Gasteiger partial charge is 0.480 e. The Balaban J connectivity index is 2.15. The van der Waals surface area contributed by atoms with Gasteiger partial charge in [-0.05, 0) is 38.6 Å². The van der Waals surface area contributed by atoms with Gasteiger partial charge in [0.05, 0.1) is 5.69 Å². The normalized spacial score (nSPS) is 16.7. The monoisotopic (exact) mass is 519 g/mol. The fourth-order valence-corrected chi connectivity index (χ4v) is 4.60. The minimum absolute atomic E-state index is 0.407. The third-order valence-corrected chi connectivity index (χ3v) is 6.80. The van der Waals surface area contributed by atoms with Gasteiger partial charge in [-0.1, -0.05) is 24.3 Å². The number of aliphatic carboxylic acids is 1. The Hall–Kier alpha value is -2.93.